The molecular formula is C28H23FN6O. The van der Waals surface area contributed by atoms with Crippen molar-refractivity contribution in [2.24, 2.45) is 0 Å². The molecule has 0 unspecified atom stereocenters. The number of aromatic amines is 2. The third-order valence-corrected chi connectivity index (χ3v) is 6.02. The molecule has 0 saturated heterocycles. The summed E-state index contributed by atoms with van der Waals surface area (Å²) >= 11 is 0. The fraction of sp³-hybridized carbons (Fsp3) is 0.107. The minimum absolute atomic E-state index is 0.148. The number of aromatic hydroxyl groups is 1. The first-order valence-corrected chi connectivity index (χ1v) is 11.6. The highest BCUT2D eigenvalue weighted by Gasteiger charge is 2.16. The van der Waals surface area contributed by atoms with E-state index in [9.17, 15) is 9.50 Å². The van der Waals surface area contributed by atoms with Gasteiger partial charge in [0.2, 0.25) is 0 Å². The van der Waals surface area contributed by atoms with Gasteiger partial charge in [0.05, 0.1) is 28.8 Å². The Morgan fingerprint density at radius 3 is 2.58 bits per heavy atom. The molecule has 0 aliphatic heterocycles. The zero-order valence-electron chi connectivity index (χ0n) is 19.7. The second-order valence-electron chi connectivity index (χ2n) is 9.07. The fourth-order valence-electron chi connectivity index (χ4n) is 4.50. The predicted molar refractivity (Wildman–Crippen MR) is 140 cm³/mol. The molecule has 0 fully saturated rings. The SMILES string of the molecule is CC(C)Nc1cccc(-c2cc3c(-c4cc5c(-c6cc(O)cc(F)c6)nccc5[nH]4)n[nH]c3cn2)c1. The zero-order chi connectivity index (χ0) is 24.8. The number of fused-ring (bicyclic) bond motifs is 2. The number of rotatable bonds is 5. The summed E-state index contributed by atoms with van der Waals surface area (Å²) in [5.41, 5.74) is 7.13. The molecule has 0 radical (unpaired) electrons. The summed E-state index contributed by atoms with van der Waals surface area (Å²) in [6.45, 7) is 4.21. The molecule has 0 amide bonds. The molecule has 7 nitrogen and oxygen atoms in total. The quantitative estimate of drug-likeness (QED) is 0.226. The van der Waals surface area contributed by atoms with Crippen molar-refractivity contribution >= 4 is 27.5 Å². The highest BCUT2D eigenvalue weighted by Crippen LogP contribution is 2.35. The van der Waals surface area contributed by atoms with Crippen LogP contribution in [0.3, 0.4) is 0 Å². The number of H-pyrrole nitrogens is 2. The van der Waals surface area contributed by atoms with E-state index in [1.165, 1.54) is 12.1 Å². The molecule has 4 heterocycles. The van der Waals surface area contributed by atoms with Gasteiger partial charge in [-0.1, -0.05) is 12.1 Å². The number of phenolic OH excluding ortho intramolecular Hbond substituents is 1. The first kappa shape index (κ1) is 21.8. The highest BCUT2D eigenvalue weighted by molar-refractivity contribution is 6.00. The second kappa shape index (κ2) is 8.49. The summed E-state index contributed by atoms with van der Waals surface area (Å²) in [5, 5.41) is 22.7. The van der Waals surface area contributed by atoms with E-state index in [0.29, 0.717) is 17.3 Å². The van der Waals surface area contributed by atoms with Crippen LogP contribution in [0.2, 0.25) is 0 Å². The zero-order valence-corrected chi connectivity index (χ0v) is 19.7. The first-order valence-electron chi connectivity index (χ1n) is 11.6. The van der Waals surface area contributed by atoms with Crippen LogP contribution in [-0.4, -0.2) is 36.3 Å². The lowest BCUT2D eigenvalue weighted by atomic mass is 10.1. The number of hydrogen-bond donors (Lipinski definition) is 4. The molecule has 8 heteroatoms. The van der Waals surface area contributed by atoms with Gasteiger partial charge in [-0.2, -0.15) is 5.10 Å². The molecule has 0 saturated carbocycles. The van der Waals surface area contributed by atoms with E-state index in [-0.39, 0.29) is 5.75 Å². The normalized spacial score (nSPS) is 11.6. The molecule has 0 aliphatic carbocycles. The molecule has 0 spiro atoms. The van der Waals surface area contributed by atoms with Gasteiger partial charge in [-0.3, -0.25) is 15.1 Å². The molecule has 6 aromatic rings. The number of nitrogens with zero attached hydrogens (tertiary/aromatic N) is 3. The summed E-state index contributed by atoms with van der Waals surface area (Å²) in [6.07, 6.45) is 3.44. The van der Waals surface area contributed by atoms with Crippen molar-refractivity contribution in [2.75, 3.05) is 5.32 Å². The fourth-order valence-corrected chi connectivity index (χ4v) is 4.50. The van der Waals surface area contributed by atoms with Crippen LogP contribution >= 0.6 is 0 Å². The van der Waals surface area contributed by atoms with E-state index in [0.717, 1.165) is 56.2 Å². The van der Waals surface area contributed by atoms with Gasteiger partial charge in [0.25, 0.3) is 0 Å². The summed E-state index contributed by atoms with van der Waals surface area (Å²) in [7, 11) is 0. The van der Waals surface area contributed by atoms with Crippen molar-refractivity contribution in [3.05, 3.63) is 78.9 Å². The van der Waals surface area contributed by atoms with E-state index in [2.05, 4.69) is 50.4 Å². The van der Waals surface area contributed by atoms with Crippen LogP contribution < -0.4 is 5.32 Å². The average molecular weight is 479 g/mol. The molecule has 2 aromatic carbocycles. The van der Waals surface area contributed by atoms with E-state index in [4.69, 9.17) is 0 Å². The van der Waals surface area contributed by atoms with Crippen LogP contribution in [0, 0.1) is 5.82 Å². The van der Waals surface area contributed by atoms with Crippen molar-refractivity contribution in [3.8, 4) is 39.7 Å². The van der Waals surface area contributed by atoms with Crippen molar-refractivity contribution in [1.29, 1.82) is 0 Å². The summed E-state index contributed by atoms with van der Waals surface area (Å²) in [6, 6.07) is 18.3. The van der Waals surface area contributed by atoms with Crippen molar-refractivity contribution in [1.82, 2.24) is 25.1 Å². The minimum atomic E-state index is -0.523. The van der Waals surface area contributed by atoms with Gasteiger partial charge >= 0.3 is 0 Å². The van der Waals surface area contributed by atoms with Crippen LogP contribution in [0.1, 0.15) is 13.8 Å². The van der Waals surface area contributed by atoms with E-state index >= 15 is 0 Å². The maximum absolute atomic E-state index is 14.0. The molecule has 6 rings (SSSR count). The van der Waals surface area contributed by atoms with E-state index in [1.807, 2.05) is 36.4 Å². The number of halogens is 1. The monoisotopic (exact) mass is 478 g/mol. The van der Waals surface area contributed by atoms with Gasteiger partial charge in [-0.25, -0.2) is 4.39 Å². The van der Waals surface area contributed by atoms with Gasteiger partial charge in [0, 0.05) is 51.4 Å². The van der Waals surface area contributed by atoms with E-state index < -0.39 is 5.82 Å². The molecule has 4 aromatic heterocycles. The summed E-state index contributed by atoms with van der Waals surface area (Å²) < 4.78 is 14.0. The lowest BCUT2D eigenvalue weighted by Crippen LogP contribution is -2.09. The van der Waals surface area contributed by atoms with Crippen LogP contribution in [0.15, 0.2) is 73.1 Å². The van der Waals surface area contributed by atoms with Gasteiger partial charge in [-0.15, -0.1) is 0 Å². The highest BCUT2D eigenvalue weighted by atomic mass is 19.1. The number of hydrogen-bond acceptors (Lipinski definition) is 5. The van der Waals surface area contributed by atoms with Gasteiger partial charge in [0.1, 0.15) is 17.3 Å². The Hall–Kier alpha value is -4.72. The van der Waals surface area contributed by atoms with Crippen molar-refractivity contribution < 1.29 is 9.50 Å². The lowest BCUT2D eigenvalue weighted by molar-refractivity contribution is 0.469. The Balaban J connectivity index is 1.45. The van der Waals surface area contributed by atoms with E-state index in [1.54, 1.807) is 12.4 Å². The predicted octanol–water partition coefficient (Wildman–Crippen LogP) is 6.50. The number of pyridine rings is 2. The Kier molecular flexibility index (Phi) is 5.14. The molecule has 178 valence electrons. The van der Waals surface area contributed by atoms with Crippen LogP contribution in [-0.2, 0) is 0 Å². The smallest absolute Gasteiger partial charge is 0.127 e. The number of benzene rings is 2. The van der Waals surface area contributed by atoms with Crippen LogP contribution in [0.5, 0.6) is 5.75 Å². The Bertz CT molecular complexity index is 1720. The maximum Gasteiger partial charge on any atom is 0.127 e. The summed E-state index contributed by atoms with van der Waals surface area (Å²) in [5.74, 6) is -0.670. The molecular weight excluding hydrogens is 455 g/mol. The Labute approximate surface area is 206 Å². The Morgan fingerprint density at radius 1 is 0.889 bits per heavy atom. The molecule has 0 bridgehead atoms. The second-order valence-corrected chi connectivity index (χ2v) is 9.07. The number of aromatic nitrogens is 5. The maximum atomic E-state index is 14.0. The van der Waals surface area contributed by atoms with Crippen molar-refractivity contribution in [2.45, 2.75) is 19.9 Å². The first-order chi connectivity index (χ1) is 17.4. The molecule has 0 atom stereocenters. The topological polar surface area (TPSA) is 103 Å². The lowest BCUT2D eigenvalue weighted by Gasteiger charge is -2.11. The van der Waals surface area contributed by atoms with Crippen molar-refractivity contribution in [3.63, 3.8) is 0 Å². The third kappa shape index (κ3) is 3.92. The Morgan fingerprint density at radius 2 is 1.75 bits per heavy atom. The molecule has 36 heavy (non-hydrogen) atoms. The standard InChI is InChI=1S/C28H23FN6O/c1-15(2)32-19-5-3-4-16(9-19)24-12-22-26(14-31-24)34-35-28(22)25-13-21-23(33-25)6-7-30-27(21)17-8-18(29)11-20(36)10-17/h3-15,32-33,36H,1-2H3,(H,34,35). The number of nitrogens with one attached hydrogen (secondary N) is 3. The largest absolute Gasteiger partial charge is 0.508 e. The van der Waals surface area contributed by atoms with Gasteiger partial charge < -0.3 is 15.4 Å². The van der Waals surface area contributed by atoms with Crippen LogP contribution in [0.4, 0.5) is 10.1 Å². The number of anilines is 1. The average Bonchev–Trinajstić information content (AvgIpc) is 3.46. The third-order valence-electron chi connectivity index (χ3n) is 6.02. The minimum Gasteiger partial charge on any atom is -0.508 e. The van der Waals surface area contributed by atoms with Gasteiger partial charge in [0.15, 0.2) is 0 Å². The number of phenols is 1. The van der Waals surface area contributed by atoms with Crippen LogP contribution in [0.25, 0.3) is 55.7 Å². The molecule has 0 aliphatic rings. The summed E-state index contributed by atoms with van der Waals surface area (Å²) in [4.78, 5) is 12.5. The molecule has 4 N–H and O–H groups in total. The van der Waals surface area contributed by atoms with Gasteiger partial charge in [-0.05, 0) is 56.3 Å².